The third-order valence-corrected chi connectivity index (χ3v) is 5.73. The van der Waals surface area contributed by atoms with Gasteiger partial charge in [0.1, 0.15) is 5.75 Å². The van der Waals surface area contributed by atoms with Crippen LogP contribution in [0.5, 0.6) is 5.75 Å². The van der Waals surface area contributed by atoms with Crippen molar-refractivity contribution in [1.82, 2.24) is 0 Å². The number of rotatable bonds is 6. The maximum Gasteiger partial charge on any atom is 0.339 e. The van der Waals surface area contributed by atoms with E-state index >= 15 is 0 Å². The lowest BCUT2D eigenvalue weighted by Crippen LogP contribution is -2.15. The summed E-state index contributed by atoms with van der Waals surface area (Å²) in [6, 6.07) is 12.8. The van der Waals surface area contributed by atoms with Crippen molar-refractivity contribution in [2.45, 2.75) is 38.0 Å². The van der Waals surface area contributed by atoms with E-state index in [0.29, 0.717) is 27.3 Å². The Bertz CT molecular complexity index is 808. The molecular formula is C22H23BrO4. The molecule has 1 fully saturated rings. The summed E-state index contributed by atoms with van der Waals surface area (Å²) in [6.45, 7) is -0.286. The highest BCUT2D eigenvalue weighted by atomic mass is 79.9. The number of ketones is 1. The number of esters is 1. The number of Topliss-reactive ketones (excluding diaryl/α,β-unsaturated/α-hetero) is 1. The number of halogens is 1. The first-order chi connectivity index (χ1) is 13.1. The zero-order chi connectivity index (χ0) is 19.2. The van der Waals surface area contributed by atoms with Gasteiger partial charge in [-0.2, -0.15) is 0 Å². The van der Waals surface area contributed by atoms with Gasteiger partial charge in [-0.3, -0.25) is 4.79 Å². The Kier molecular flexibility index (Phi) is 6.67. The average Bonchev–Trinajstić information content (AvgIpc) is 2.73. The second kappa shape index (κ2) is 9.18. The molecule has 0 atom stereocenters. The first-order valence-electron chi connectivity index (χ1n) is 9.22. The number of carbonyl (C=O) groups is 2. The van der Waals surface area contributed by atoms with Crippen LogP contribution in [0.3, 0.4) is 0 Å². The molecule has 1 aliphatic carbocycles. The molecular weight excluding hydrogens is 408 g/mol. The monoisotopic (exact) mass is 430 g/mol. The standard InChI is InChI=1S/C22H23BrO4/c1-26-18-11-12-20(23)19(13-18)22(25)27-14-21(24)17-9-7-16(8-10-17)15-5-3-2-4-6-15/h7-13,15H,2-6,14H2,1H3. The lowest BCUT2D eigenvalue weighted by molar-refractivity contribution is 0.0473. The lowest BCUT2D eigenvalue weighted by atomic mass is 9.84. The van der Waals surface area contributed by atoms with Crippen LogP contribution >= 0.6 is 15.9 Å². The summed E-state index contributed by atoms with van der Waals surface area (Å²) in [4.78, 5) is 24.6. The number of methoxy groups -OCH3 is 1. The third-order valence-electron chi connectivity index (χ3n) is 5.04. The third kappa shape index (κ3) is 4.98. The summed E-state index contributed by atoms with van der Waals surface area (Å²) in [7, 11) is 1.53. The van der Waals surface area contributed by atoms with Gasteiger partial charge in [-0.25, -0.2) is 4.79 Å². The molecule has 2 aromatic carbocycles. The van der Waals surface area contributed by atoms with E-state index < -0.39 is 5.97 Å². The van der Waals surface area contributed by atoms with E-state index in [1.807, 2.05) is 24.3 Å². The van der Waals surface area contributed by atoms with Gasteiger partial charge in [-0.15, -0.1) is 0 Å². The minimum Gasteiger partial charge on any atom is -0.497 e. The summed E-state index contributed by atoms with van der Waals surface area (Å²) in [6.07, 6.45) is 6.32. The average molecular weight is 431 g/mol. The molecule has 5 heteroatoms. The molecule has 0 saturated heterocycles. The van der Waals surface area contributed by atoms with E-state index in [4.69, 9.17) is 9.47 Å². The Labute approximate surface area is 168 Å². The van der Waals surface area contributed by atoms with E-state index in [0.717, 1.165) is 0 Å². The Morgan fingerprint density at radius 1 is 1.04 bits per heavy atom. The summed E-state index contributed by atoms with van der Waals surface area (Å²) in [5, 5.41) is 0. The summed E-state index contributed by atoms with van der Waals surface area (Å²) in [5.41, 5.74) is 2.19. The van der Waals surface area contributed by atoms with Gasteiger partial charge in [-0.05, 0) is 58.5 Å². The molecule has 0 spiro atoms. The van der Waals surface area contributed by atoms with E-state index in [9.17, 15) is 9.59 Å². The van der Waals surface area contributed by atoms with Crippen LogP contribution in [0.25, 0.3) is 0 Å². The highest BCUT2D eigenvalue weighted by Gasteiger charge is 2.18. The zero-order valence-electron chi connectivity index (χ0n) is 15.4. The van der Waals surface area contributed by atoms with Gasteiger partial charge in [0.15, 0.2) is 12.4 Å². The molecule has 27 heavy (non-hydrogen) atoms. The first kappa shape index (κ1) is 19.6. The zero-order valence-corrected chi connectivity index (χ0v) is 17.0. The van der Waals surface area contributed by atoms with Crippen LogP contribution in [0.4, 0.5) is 0 Å². The molecule has 0 heterocycles. The number of hydrogen-bond donors (Lipinski definition) is 0. The van der Waals surface area contributed by atoms with Crippen molar-refractivity contribution in [1.29, 1.82) is 0 Å². The fraction of sp³-hybridized carbons (Fsp3) is 0.364. The number of hydrogen-bond acceptors (Lipinski definition) is 4. The van der Waals surface area contributed by atoms with Crippen molar-refractivity contribution in [2.75, 3.05) is 13.7 Å². The Morgan fingerprint density at radius 2 is 1.74 bits per heavy atom. The minimum atomic E-state index is -0.562. The van der Waals surface area contributed by atoms with Crippen molar-refractivity contribution in [3.63, 3.8) is 0 Å². The molecule has 0 radical (unpaired) electrons. The van der Waals surface area contributed by atoms with E-state index in [2.05, 4.69) is 15.9 Å². The first-order valence-corrected chi connectivity index (χ1v) is 10.0. The molecule has 0 amide bonds. The highest BCUT2D eigenvalue weighted by Crippen LogP contribution is 2.32. The smallest absolute Gasteiger partial charge is 0.339 e. The van der Waals surface area contributed by atoms with Crippen LogP contribution < -0.4 is 4.74 Å². The molecule has 0 bridgehead atoms. The molecule has 2 aromatic rings. The van der Waals surface area contributed by atoms with Gasteiger partial charge in [0, 0.05) is 10.0 Å². The van der Waals surface area contributed by atoms with Crippen LogP contribution in [-0.2, 0) is 4.74 Å². The van der Waals surface area contributed by atoms with E-state index in [-0.39, 0.29) is 12.4 Å². The molecule has 1 saturated carbocycles. The van der Waals surface area contributed by atoms with Gasteiger partial charge >= 0.3 is 5.97 Å². The quantitative estimate of drug-likeness (QED) is 0.445. The molecule has 4 nitrogen and oxygen atoms in total. The molecule has 0 N–H and O–H groups in total. The van der Waals surface area contributed by atoms with E-state index in [1.54, 1.807) is 18.2 Å². The Balaban J connectivity index is 1.59. The predicted molar refractivity (Wildman–Crippen MR) is 108 cm³/mol. The Hall–Kier alpha value is -2.14. The normalized spacial score (nSPS) is 14.6. The molecule has 0 unspecified atom stereocenters. The van der Waals surface area contributed by atoms with Gasteiger partial charge in [0.05, 0.1) is 12.7 Å². The summed E-state index contributed by atoms with van der Waals surface area (Å²) in [5.74, 6) is 0.381. The SMILES string of the molecule is COc1ccc(Br)c(C(=O)OCC(=O)c2ccc(C3CCCCC3)cc2)c1. The van der Waals surface area contributed by atoms with Crippen molar-refractivity contribution >= 4 is 27.7 Å². The minimum absolute atomic E-state index is 0.211. The molecule has 3 rings (SSSR count). The van der Waals surface area contributed by atoms with Crippen molar-refractivity contribution in [2.24, 2.45) is 0 Å². The highest BCUT2D eigenvalue weighted by molar-refractivity contribution is 9.10. The second-order valence-electron chi connectivity index (χ2n) is 6.80. The largest absolute Gasteiger partial charge is 0.497 e. The van der Waals surface area contributed by atoms with Crippen LogP contribution in [0.2, 0.25) is 0 Å². The van der Waals surface area contributed by atoms with Gasteiger partial charge in [-0.1, -0.05) is 43.5 Å². The van der Waals surface area contributed by atoms with Crippen LogP contribution in [0.15, 0.2) is 46.9 Å². The second-order valence-corrected chi connectivity index (χ2v) is 7.66. The number of ether oxygens (including phenoxy) is 2. The van der Waals surface area contributed by atoms with Gasteiger partial charge < -0.3 is 9.47 Å². The van der Waals surface area contributed by atoms with Crippen molar-refractivity contribution in [3.8, 4) is 5.75 Å². The molecule has 0 aliphatic heterocycles. The van der Waals surface area contributed by atoms with Crippen LogP contribution in [-0.4, -0.2) is 25.5 Å². The van der Waals surface area contributed by atoms with Crippen molar-refractivity contribution in [3.05, 3.63) is 63.6 Å². The van der Waals surface area contributed by atoms with Crippen LogP contribution in [0, 0.1) is 0 Å². The van der Waals surface area contributed by atoms with Crippen molar-refractivity contribution < 1.29 is 19.1 Å². The lowest BCUT2D eigenvalue weighted by Gasteiger charge is -2.22. The van der Waals surface area contributed by atoms with Gasteiger partial charge in [0.2, 0.25) is 0 Å². The summed E-state index contributed by atoms with van der Waals surface area (Å²) >= 11 is 3.32. The topological polar surface area (TPSA) is 52.6 Å². The van der Waals surface area contributed by atoms with Gasteiger partial charge in [0.25, 0.3) is 0 Å². The van der Waals surface area contributed by atoms with E-state index in [1.165, 1.54) is 44.8 Å². The number of carbonyl (C=O) groups excluding carboxylic acids is 2. The molecule has 1 aliphatic rings. The Morgan fingerprint density at radius 3 is 2.41 bits per heavy atom. The maximum absolute atomic E-state index is 12.4. The number of benzene rings is 2. The van der Waals surface area contributed by atoms with Crippen LogP contribution in [0.1, 0.15) is 64.3 Å². The molecule has 142 valence electrons. The molecule has 0 aromatic heterocycles. The summed E-state index contributed by atoms with van der Waals surface area (Å²) < 4.78 is 10.9. The fourth-order valence-electron chi connectivity index (χ4n) is 3.46. The predicted octanol–water partition coefficient (Wildman–Crippen LogP) is 5.55. The maximum atomic E-state index is 12.4. The fourth-order valence-corrected chi connectivity index (χ4v) is 3.87.